The predicted molar refractivity (Wildman–Crippen MR) is 73.9 cm³/mol. The van der Waals surface area contributed by atoms with Gasteiger partial charge in [0.1, 0.15) is 5.82 Å². The number of hydrogen-bond acceptors (Lipinski definition) is 3. The summed E-state index contributed by atoms with van der Waals surface area (Å²) in [4.78, 5) is 17.9. The molecule has 0 atom stereocenters. The molecule has 5 heteroatoms. The van der Waals surface area contributed by atoms with Crippen LogP contribution < -0.4 is 5.32 Å². The minimum Gasteiger partial charge on any atom is -0.396 e. The number of aliphatic hydroxyl groups excluding tert-OH is 1. The summed E-state index contributed by atoms with van der Waals surface area (Å²) in [5, 5.41) is 11.9. The van der Waals surface area contributed by atoms with Gasteiger partial charge in [0, 0.05) is 25.9 Å². The molecule has 1 heterocycles. The van der Waals surface area contributed by atoms with Crippen molar-refractivity contribution < 1.29 is 9.90 Å². The number of anilines is 1. The summed E-state index contributed by atoms with van der Waals surface area (Å²) in [6.45, 7) is 0.260. The number of urea groups is 1. The Morgan fingerprint density at radius 3 is 2.74 bits per heavy atom. The van der Waals surface area contributed by atoms with E-state index in [1.807, 2.05) is 19.2 Å². The fourth-order valence-electron chi connectivity index (χ4n) is 2.51. The quantitative estimate of drug-likeness (QED) is 0.877. The van der Waals surface area contributed by atoms with Gasteiger partial charge in [0.2, 0.25) is 0 Å². The molecular formula is C14H21N3O2. The van der Waals surface area contributed by atoms with Crippen LogP contribution in [0.1, 0.15) is 25.7 Å². The summed E-state index contributed by atoms with van der Waals surface area (Å²) >= 11 is 0. The van der Waals surface area contributed by atoms with Crippen molar-refractivity contribution in [1.82, 2.24) is 9.88 Å². The molecule has 0 radical (unpaired) electrons. The van der Waals surface area contributed by atoms with E-state index in [0.717, 1.165) is 25.7 Å². The third kappa shape index (κ3) is 3.67. The number of hydrogen-bond donors (Lipinski definition) is 2. The molecule has 1 aromatic rings. The van der Waals surface area contributed by atoms with Crippen molar-refractivity contribution >= 4 is 11.8 Å². The summed E-state index contributed by atoms with van der Waals surface area (Å²) < 4.78 is 0. The van der Waals surface area contributed by atoms with Crippen molar-refractivity contribution in [2.24, 2.45) is 5.92 Å². The first-order valence-electron chi connectivity index (χ1n) is 6.76. The Morgan fingerprint density at radius 1 is 1.42 bits per heavy atom. The Balaban J connectivity index is 1.86. The number of pyridine rings is 1. The van der Waals surface area contributed by atoms with Crippen LogP contribution in [0.2, 0.25) is 0 Å². The molecule has 5 nitrogen and oxygen atoms in total. The smallest absolute Gasteiger partial charge is 0.322 e. The monoisotopic (exact) mass is 263 g/mol. The molecule has 1 aromatic heterocycles. The van der Waals surface area contributed by atoms with Crippen LogP contribution in [0.3, 0.4) is 0 Å². The maximum Gasteiger partial charge on any atom is 0.322 e. The molecule has 0 aliphatic heterocycles. The van der Waals surface area contributed by atoms with Crippen molar-refractivity contribution in [3.63, 3.8) is 0 Å². The summed E-state index contributed by atoms with van der Waals surface area (Å²) in [7, 11) is 1.82. The van der Waals surface area contributed by atoms with Crippen LogP contribution in [-0.2, 0) is 0 Å². The second-order valence-corrected chi connectivity index (χ2v) is 5.11. The van der Waals surface area contributed by atoms with E-state index in [9.17, 15) is 4.79 Å². The lowest BCUT2D eigenvalue weighted by atomic mass is 9.86. The zero-order chi connectivity index (χ0) is 13.7. The third-order valence-electron chi connectivity index (χ3n) is 3.84. The van der Waals surface area contributed by atoms with E-state index in [0.29, 0.717) is 11.7 Å². The molecule has 1 aliphatic rings. The van der Waals surface area contributed by atoms with Crippen LogP contribution in [0.15, 0.2) is 24.4 Å². The second-order valence-electron chi connectivity index (χ2n) is 5.11. The van der Waals surface area contributed by atoms with Crippen LogP contribution in [0, 0.1) is 5.92 Å². The fourth-order valence-corrected chi connectivity index (χ4v) is 2.51. The first-order chi connectivity index (χ1) is 9.20. The molecule has 0 saturated heterocycles. The molecule has 104 valence electrons. The van der Waals surface area contributed by atoms with Gasteiger partial charge in [0.25, 0.3) is 0 Å². The molecule has 2 rings (SSSR count). The Hall–Kier alpha value is -1.62. The fraction of sp³-hybridized carbons (Fsp3) is 0.571. The molecule has 19 heavy (non-hydrogen) atoms. The van der Waals surface area contributed by atoms with E-state index < -0.39 is 0 Å². The van der Waals surface area contributed by atoms with E-state index >= 15 is 0 Å². The van der Waals surface area contributed by atoms with Crippen molar-refractivity contribution in [2.75, 3.05) is 19.0 Å². The topological polar surface area (TPSA) is 65.5 Å². The van der Waals surface area contributed by atoms with E-state index in [4.69, 9.17) is 5.11 Å². The minimum absolute atomic E-state index is 0.119. The maximum atomic E-state index is 12.1. The van der Waals surface area contributed by atoms with E-state index in [1.165, 1.54) is 0 Å². The summed E-state index contributed by atoms with van der Waals surface area (Å²) in [6.07, 6.45) is 5.54. The van der Waals surface area contributed by atoms with Crippen LogP contribution in [0.4, 0.5) is 10.6 Å². The lowest BCUT2D eigenvalue weighted by Crippen LogP contribution is -2.42. The lowest BCUT2D eigenvalue weighted by Gasteiger charge is -2.34. The highest BCUT2D eigenvalue weighted by molar-refractivity contribution is 5.88. The Kier molecular flexibility index (Phi) is 4.74. The SMILES string of the molecule is CN(C(=O)Nc1ccccn1)C1CCC(CO)CC1. The van der Waals surface area contributed by atoms with Gasteiger partial charge in [-0.3, -0.25) is 5.32 Å². The number of aromatic nitrogens is 1. The third-order valence-corrected chi connectivity index (χ3v) is 3.84. The highest BCUT2D eigenvalue weighted by Crippen LogP contribution is 2.26. The number of rotatable bonds is 3. The van der Waals surface area contributed by atoms with Gasteiger partial charge in [0.15, 0.2) is 0 Å². The average Bonchev–Trinajstić information content (AvgIpc) is 2.47. The number of nitrogens with one attached hydrogen (secondary N) is 1. The Morgan fingerprint density at radius 2 is 2.16 bits per heavy atom. The Bertz CT molecular complexity index is 402. The van der Waals surface area contributed by atoms with E-state index in [1.54, 1.807) is 17.2 Å². The van der Waals surface area contributed by atoms with Gasteiger partial charge in [-0.1, -0.05) is 6.07 Å². The molecule has 0 unspecified atom stereocenters. The van der Waals surface area contributed by atoms with E-state index in [2.05, 4.69) is 10.3 Å². The van der Waals surface area contributed by atoms with E-state index in [-0.39, 0.29) is 18.7 Å². The van der Waals surface area contributed by atoms with Gasteiger partial charge < -0.3 is 10.0 Å². The number of amides is 2. The van der Waals surface area contributed by atoms with Crippen LogP contribution in [0.5, 0.6) is 0 Å². The highest BCUT2D eigenvalue weighted by atomic mass is 16.3. The first kappa shape index (κ1) is 13.8. The predicted octanol–water partition coefficient (Wildman–Crippen LogP) is 2.10. The minimum atomic E-state index is -0.119. The second kappa shape index (κ2) is 6.52. The molecule has 2 N–H and O–H groups in total. The molecule has 0 aromatic carbocycles. The van der Waals surface area contributed by atoms with Gasteiger partial charge in [-0.25, -0.2) is 9.78 Å². The lowest BCUT2D eigenvalue weighted by molar-refractivity contribution is 0.139. The van der Waals surface area contributed by atoms with Gasteiger partial charge in [-0.15, -0.1) is 0 Å². The van der Waals surface area contributed by atoms with Crippen molar-refractivity contribution in [3.8, 4) is 0 Å². The molecular weight excluding hydrogens is 242 g/mol. The number of carbonyl (C=O) groups excluding carboxylic acids is 1. The molecule has 1 saturated carbocycles. The summed E-state index contributed by atoms with van der Waals surface area (Å²) in [6, 6.07) is 5.57. The number of carbonyl (C=O) groups is 1. The number of aliphatic hydroxyl groups is 1. The van der Waals surface area contributed by atoms with Gasteiger partial charge in [-0.05, 0) is 43.7 Å². The average molecular weight is 263 g/mol. The normalized spacial score (nSPS) is 22.8. The van der Waals surface area contributed by atoms with Crippen LogP contribution >= 0.6 is 0 Å². The molecule has 0 bridgehead atoms. The van der Waals surface area contributed by atoms with Gasteiger partial charge >= 0.3 is 6.03 Å². The zero-order valence-electron chi connectivity index (χ0n) is 11.2. The van der Waals surface area contributed by atoms with Crippen LogP contribution in [0.25, 0.3) is 0 Å². The van der Waals surface area contributed by atoms with Crippen LogP contribution in [-0.4, -0.2) is 40.7 Å². The van der Waals surface area contributed by atoms with Crippen molar-refractivity contribution in [1.29, 1.82) is 0 Å². The van der Waals surface area contributed by atoms with Crippen molar-refractivity contribution in [3.05, 3.63) is 24.4 Å². The molecule has 1 fully saturated rings. The summed E-state index contributed by atoms with van der Waals surface area (Å²) in [5.74, 6) is 0.979. The standard InChI is InChI=1S/C14H21N3O2/c1-17(12-7-5-11(10-18)6-8-12)14(19)16-13-4-2-3-9-15-13/h2-4,9,11-12,18H,5-8,10H2,1H3,(H,15,16,19). The van der Waals surface area contributed by atoms with Gasteiger partial charge in [-0.2, -0.15) is 0 Å². The Labute approximate surface area is 113 Å². The maximum absolute atomic E-state index is 12.1. The van der Waals surface area contributed by atoms with Crippen molar-refractivity contribution in [2.45, 2.75) is 31.7 Å². The zero-order valence-corrected chi connectivity index (χ0v) is 11.2. The molecule has 2 amide bonds. The summed E-state index contributed by atoms with van der Waals surface area (Å²) in [5.41, 5.74) is 0. The first-order valence-corrected chi connectivity index (χ1v) is 6.76. The highest BCUT2D eigenvalue weighted by Gasteiger charge is 2.26. The molecule has 0 spiro atoms. The van der Waals surface area contributed by atoms with Gasteiger partial charge in [0.05, 0.1) is 0 Å². The largest absolute Gasteiger partial charge is 0.396 e. The molecule has 1 aliphatic carbocycles. The number of nitrogens with zero attached hydrogens (tertiary/aromatic N) is 2.